The standard InChI is InChI=1S/C25H28ClN9O3/c1-4-33-16-8-6-7-14(25(37)35-12-15-17(38-35)10-9-13(3)30-15)20(16)34(5-2)18(33)11-29-24(36)19-22(27)32-23(28)21(26)31-19/h6-10,25,37H,4-5,11-12H2,1-3H3,(H4-,27,28,29,32,36)/p+1. The molecule has 198 valence electrons. The van der Waals surface area contributed by atoms with E-state index in [1.807, 2.05) is 51.1 Å². The van der Waals surface area contributed by atoms with E-state index in [9.17, 15) is 9.90 Å². The van der Waals surface area contributed by atoms with Gasteiger partial charge in [-0.25, -0.2) is 19.1 Å². The number of nitrogens with zero attached hydrogens (tertiary/aromatic N) is 6. The zero-order chi connectivity index (χ0) is 27.1. The van der Waals surface area contributed by atoms with Gasteiger partial charge in [-0.1, -0.05) is 23.7 Å². The Bertz CT molecular complexity index is 1560. The highest BCUT2D eigenvalue weighted by atomic mass is 35.5. The molecular formula is C25H29ClN9O3+. The quantitative estimate of drug-likeness (QED) is 0.258. The highest BCUT2D eigenvalue weighted by Gasteiger charge is 2.34. The zero-order valence-electron chi connectivity index (χ0n) is 21.3. The number of fused-ring (bicyclic) bond motifs is 2. The van der Waals surface area contributed by atoms with Crippen molar-refractivity contribution in [3.05, 3.63) is 64.0 Å². The fourth-order valence-corrected chi connectivity index (χ4v) is 4.94. The number of nitrogens with two attached hydrogens (primary N) is 2. The van der Waals surface area contributed by atoms with Crippen molar-refractivity contribution in [1.29, 1.82) is 0 Å². The summed E-state index contributed by atoms with van der Waals surface area (Å²) in [5.74, 6) is 0.779. The Hall–Kier alpha value is -4.00. The summed E-state index contributed by atoms with van der Waals surface area (Å²) >= 11 is 5.95. The molecule has 4 aromatic rings. The van der Waals surface area contributed by atoms with E-state index in [1.165, 1.54) is 5.06 Å². The maximum Gasteiger partial charge on any atom is 0.277 e. The van der Waals surface area contributed by atoms with Crippen LogP contribution >= 0.6 is 11.6 Å². The van der Waals surface area contributed by atoms with E-state index in [4.69, 9.17) is 27.9 Å². The molecule has 0 spiro atoms. The average molecular weight is 539 g/mol. The predicted octanol–water partition coefficient (Wildman–Crippen LogP) is 2.01. The van der Waals surface area contributed by atoms with Gasteiger partial charge in [0.25, 0.3) is 11.7 Å². The molecule has 6 N–H and O–H groups in total. The SMILES string of the molecule is CCn1c(CNC(=O)c2nc(Cl)c(N)nc2N)[n+](CC)c2c(C(O)N3Cc4nc(C)ccc4O3)cccc21. The molecule has 1 aliphatic heterocycles. The fourth-order valence-electron chi connectivity index (χ4n) is 4.81. The molecule has 1 aromatic carbocycles. The van der Waals surface area contributed by atoms with Crippen LogP contribution in [0.25, 0.3) is 11.0 Å². The molecule has 1 aliphatic rings. The number of nitrogen functional groups attached to an aromatic ring is 2. The second-order valence-electron chi connectivity index (χ2n) is 8.87. The van der Waals surface area contributed by atoms with Crippen LogP contribution in [0.3, 0.4) is 0 Å². The van der Waals surface area contributed by atoms with Crippen LogP contribution in [0.2, 0.25) is 5.15 Å². The lowest BCUT2D eigenvalue weighted by Gasteiger charge is -2.21. The van der Waals surface area contributed by atoms with Gasteiger partial charge in [0, 0.05) is 11.3 Å². The number of halogens is 1. The highest BCUT2D eigenvalue weighted by Crippen LogP contribution is 2.34. The lowest BCUT2D eigenvalue weighted by atomic mass is 10.1. The van der Waals surface area contributed by atoms with Crippen LogP contribution < -0.4 is 26.2 Å². The molecule has 13 heteroatoms. The van der Waals surface area contributed by atoms with Gasteiger partial charge >= 0.3 is 0 Å². The monoisotopic (exact) mass is 538 g/mol. The molecule has 0 radical (unpaired) electrons. The number of nitrogens with one attached hydrogen (secondary N) is 1. The van der Waals surface area contributed by atoms with E-state index in [-0.39, 0.29) is 29.0 Å². The van der Waals surface area contributed by atoms with Crippen LogP contribution in [0.1, 0.15) is 53.3 Å². The first-order valence-corrected chi connectivity index (χ1v) is 12.6. The van der Waals surface area contributed by atoms with Gasteiger partial charge < -0.3 is 26.7 Å². The number of hydrogen-bond acceptors (Lipinski definition) is 9. The van der Waals surface area contributed by atoms with Crippen LogP contribution in [-0.4, -0.2) is 35.6 Å². The molecule has 1 amide bonds. The van der Waals surface area contributed by atoms with Gasteiger partial charge in [0.1, 0.15) is 12.2 Å². The number of hydroxylamine groups is 2. The number of aromatic nitrogens is 5. The lowest BCUT2D eigenvalue weighted by Crippen LogP contribution is -2.41. The lowest BCUT2D eigenvalue weighted by molar-refractivity contribution is -0.677. The van der Waals surface area contributed by atoms with Crippen molar-refractivity contribution in [2.75, 3.05) is 11.5 Å². The highest BCUT2D eigenvalue weighted by molar-refractivity contribution is 6.31. The second-order valence-corrected chi connectivity index (χ2v) is 9.23. The third-order valence-corrected chi connectivity index (χ3v) is 6.81. The number of imidazole rings is 1. The molecule has 12 nitrogen and oxygen atoms in total. The minimum Gasteiger partial charge on any atom is -0.401 e. The number of pyridine rings is 1. The van der Waals surface area contributed by atoms with Gasteiger partial charge in [-0.3, -0.25) is 9.78 Å². The number of hydrogen-bond donors (Lipinski definition) is 4. The first-order chi connectivity index (χ1) is 18.2. The number of carbonyl (C=O) groups is 1. The van der Waals surface area contributed by atoms with E-state index < -0.39 is 12.1 Å². The van der Waals surface area contributed by atoms with Gasteiger partial charge in [0.15, 0.2) is 45.5 Å². The summed E-state index contributed by atoms with van der Waals surface area (Å²) in [5, 5.41) is 15.7. The summed E-state index contributed by atoms with van der Waals surface area (Å²) in [7, 11) is 0. The van der Waals surface area contributed by atoms with Crippen molar-refractivity contribution in [1.82, 2.24) is 29.9 Å². The van der Waals surface area contributed by atoms with Gasteiger partial charge in [-0.2, -0.15) is 0 Å². The Kier molecular flexibility index (Phi) is 6.78. The zero-order valence-corrected chi connectivity index (χ0v) is 22.0. The molecule has 1 unspecified atom stereocenters. The number of aliphatic hydroxyl groups excluding tert-OH is 1. The third kappa shape index (κ3) is 4.36. The number of carbonyl (C=O) groups excluding carboxylic acids is 1. The van der Waals surface area contributed by atoms with Crippen molar-refractivity contribution in [3.8, 4) is 5.75 Å². The Morgan fingerprint density at radius 3 is 2.74 bits per heavy atom. The molecule has 38 heavy (non-hydrogen) atoms. The number of para-hydroxylation sites is 1. The largest absolute Gasteiger partial charge is 0.401 e. The number of amides is 1. The van der Waals surface area contributed by atoms with Crippen LogP contribution in [0.15, 0.2) is 30.3 Å². The number of rotatable bonds is 7. The Labute approximate surface area is 223 Å². The molecule has 4 heterocycles. The summed E-state index contributed by atoms with van der Waals surface area (Å²) in [6.45, 7) is 7.69. The molecule has 0 aliphatic carbocycles. The molecule has 0 fully saturated rings. The Balaban J connectivity index is 1.49. The normalized spacial score (nSPS) is 13.9. The molecule has 5 rings (SSSR count). The van der Waals surface area contributed by atoms with E-state index in [1.54, 1.807) is 0 Å². The van der Waals surface area contributed by atoms with Crippen LogP contribution in [-0.2, 0) is 26.2 Å². The molecule has 0 saturated heterocycles. The summed E-state index contributed by atoms with van der Waals surface area (Å²) in [5.41, 5.74) is 15.5. The smallest absolute Gasteiger partial charge is 0.277 e. The Morgan fingerprint density at radius 1 is 1.21 bits per heavy atom. The van der Waals surface area contributed by atoms with Crippen LogP contribution in [0.5, 0.6) is 5.75 Å². The summed E-state index contributed by atoms with van der Waals surface area (Å²) in [6.07, 6.45) is -1.05. The topological polar surface area (TPSA) is 161 Å². The molecule has 3 aromatic heterocycles. The first-order valence-electron chi connectivity index (χ1n) is 12.2. The van der Waals surface area contributed by atoms with Crippen molar-refractivity contribution in [2.24, 2.45) is 0 Å². The summed E-state index contributed by atoms with van der Waals surface area (Å²) in [6, 6.07) is 9.49. The Morgan fingerprint density at radius 2 is 2.00 bits per heavy atom. The van der Waals surface area contributed by atoms with E-state index in [0.717, 1.165) is 28.2 Å². The van der Waals surface area contributed by atoms with E-state index in [0.29, 0.717) is 30.9 Å². The fraction of sp³-hybridized carbons (Fsp3) is 0.320. The third-order valence-electron chi connectivity index (χ3n) is 6.53. The van der Waals surface area contributed by atoms with Crippen molar-refractivity contribution in [2.45, 2.75) is 53.2 Å². The van der Waals surface area contributed by atoms with E-state index in [2.05, 4.69) is 29.4 Å². The van der Waals surface area contributed by atoms with Crippen LogP contribution in [0.4, 0.5) is 11.6 Å². The van der Waals surface area contributed by atoms with Crippen molar-refractivity contribution in [3.63, 3.8) is 0 Å². The van der Waals surface area contributed by atoms with E-state index >= 15 is 0 Å². The number of aryl methyl sites for hydroxylation is 3. The van der Waals surface area contributed by atoms with Gasteiger partial charge in [-0.05, 0) is 39.0 Å². The summed E-state index contributed by atoms with van der Waals surface area (Å²) < 4.78 is 4.15. The molecule has 0 bridgehead atoms. The average Bonchev–Trinajstić information content (AvgIpc) is 3.46. The van der Waals surface area contributed by atoms with Gasteiger partial charge in [0.2, 0.25) is 0 Å². The number of anilines is 2. The summed E-state index contributed by atoms with van der Waals surface area (Å²) in [4.78, 5) is 31.2. The maximum absolute atomic E-state index is 12.9. The molecule has 0 saturated carbocycles. The second kappa shape index (κ2) is 10.0. The van der Waals surface area contributed by atoms with Crippen LogP contribution in [0, 0.1) is 6.92 Å². The van der Waals surface area contributed by atoms with Crippen molar-refractivity contribution >= 4 is 40.2 Å². The number of aliphatic hydroxyl groups is 1. The number of benzene rings is 1. The predicted molar refractivity (Wildman–Crippen MR) is 141 cm³/mol. The molecule has 1 atom stereocenters. The molecular weight excluding hydrogens is 510 g/mol. The van der Waals surface area contributed by atoms with Gasteiger partial charge in [-0.15, -0.1) is 5.06 Å². The first kappa shape index (κ1) is 25.6. The maximum atomic E-state index is 12.9. The minimum absolute atomic E-state index is 0.0438. The minimum atomic E-state index is -1.05. The van der Waals surface area contributed by atoms with Crippen molar-refractivity contribution < 1.29 is 19.3 Å². The van der Waals surface area contributed by atoms with Gasteiger partial charge in [0.05, 0.1) is 19.6 Å².